The van der Waals surface area contributed by atoms with Crippen molar-refractivity contribution >= 4 is 18.0 Å². The fourth-order valence-corrected chi connectivity index (χ4v) is 4.08. The summed E-state index contributed by atoms with van der Waals surface area (Å²) in [5.74, 6) is -0.847. The van der Waals surface area contributed by atoms with Crippen molar-refractivity contribution in [3.8, 4) is 11.1 Å². The third kappa shape index (κ3) is 6.37. The minimum absolute atomic E-state index is 0.0293. The molecule has 0 radical (unpaired) electrons. The smallest absolute Gasteiger partial charge is 0.407 e. The average molecular weight is 467 g/mol. The first kappa shape index (κ1) is 25.3. The Bertz CT molecular complexity index is 988. The second kappa shape index (κ2) is 11.2. The van der Waals surface area contributed by atoms with Gasteiger partial charge in [-0.2, -0.15) is 0 Å². The normalized spacial score (nSPS) is 13.5. The van der Waals surface area contributed by atoms with Gasteiger partial charge in [0.05, 0.1) is 5.41 Å². The van der Waals surface area contributed by atoms with Gasteiger partial charge in [0.2, 0.25) is 5.91 Å². The molecule has 2 amide bonds. The number of alkyl carbamates (subject to hydrolysis) is 1. The summed E-state index contributed by atoms with van der Waals surface area (Å²) >= 11 is 0. The standard InChI is InChI=1S/C27H34N2O5/c1-18(12-13-24(30)29-17-27(2,3)25(31)32)14-15-28-26(33)34-16-23-21-10-6-4-8-19(21)20-9-5-7-11-22(20)23/h4-11,18,23H,12-17H2,1-3H3,(H,28,33)(H,29,30)(H,31,32). The van der Waals surface area contributed by atoms with Crippen LogP contribution in [0.1, 0.15) is 57.1 Å². The molecule has 0 bridgehead atoms. The Morgan fingerprint density at radius 1 is 0.971 bits per heavy atom. The van der Waals surface area contributed by atoms with Crippen molar-refractivity contribution in [2.45, 2.75) is 46.0 Å². The van der Waals surface area contributed by atoms with Crippen molar-refractivity contribution in [1.29, 1.82) is 0 Å². The highest BCUT2D eigenvalue weighted by atomic mass is 16.5. The molecule has 1 aliphatic carbocycles. The van der Waals surface area contributed by atoms with Crippen LogP contribution in [0.4, 0.5) is 4.79 Å². The molecule has 3 N–H and O–H groups in total. The van der Waals surface area contributed by atoms with Crippen molar-refractivity contribution < 1.29 is 24.2 Å². The van der Waals surface area contributed by atoms with Crippen LogP contribution in [-0.4, -0.2) is 42.8 Å². The van der Waals surface area contributed by atoms with Gasteiger partial charge >= 0.3 is 12.1 Å². The number of benzene rings is 2. The van der Waals surface area contributed by atoms with E-state index in [0.717, 1.165) is 6.42 Å². The Balaban J connectivity index is 1.36. The number of carbonyl (C=O) groups excluding carboxylic acids is 2. The van der Waals surface area contributed by atoms with Gasteiger partial charge in [-0.1, -0.05) is 55.5 Å². The molecule has 7 heteroatoms. The van der Waals surface area contributed by atoms with E-state index < -0.39 is 17.5 Å². The number of ether oxygens (including phenoxy) is 1. The summed E-state index contributed by atoms with van der Waals surface area (Å²) < 4.78 is 5.54. The molecule has 182 valence electrons. The molecule has 0 saturated carbocycles. The number of hydrogen-bond donors (Lipinski definition) is 3. The molecule has 2 aromatic rings. The van der Waals surface area contributed by atoms with Gasteiger partial charge in [0, 0.05) is 25.4 Å². The first-order chi connectivity index (χ1) is 16.2. The van der Waals surface area contributed by atoms with Gasteiger partial charge in [0.25, 0.3) is 0 Å². The van der Waals surface area contributed by atoms with E-state index in [-0.39, 0.29) is 30.9 Å². The molecule has 3 rings (SSSR count). The van der Waals surface area contributed by atoms with E-state index in [1.807, 2.05) is 31.2 Å². The summed E-state index contributed by atoms with van der Waals surface area (Å²) in [5.41, 5.74) is 3.74. The van der Waals surface area contributed by atoms with Gasteiger partial charge in [-0.3, -0.25) is 9.59 Å². The average Bonchev–Trinajstić information content (AvgIpc) is 3.14. The number of nitrogens with one attached hydrogen (secondary N) is 2. The molecule has 0 fully saturated rings. The molecule has 7 nitrogen and oxygen atoms in total. The van der Waals surface area contributed by atoms with Crippen LogP contribution in [0, 0.1) is 11.3 Å². The van der Waals surface area contributed by atoms with E-state index in [2.05, 4.69) is 34.9 Å². The van der Waals surface area contributed by atoms with Gasteiger partial charge < -0.3 is 20.5 Å². The molecular weight excluding hydrogens is 432 g/mol. The zero-order valence-corrected chi connectivity index (χ0v) is 20.1. The zero-order valence-electron chi connectivity index (χ0n) is 20.1. The highest BCUT2D eigenvalue weighted by Gasteiger charge is 2.29. The van der Waals surface area contributed by atoms with E-state index in [1.165, 1.54) is 22.3 Å². The highest BCUT2D eigenvalue weighted by molar-refractivity contribution is 5.79. The van der Waals surface area contributed by atoms with Gasteiger partial charge in [0.15, 0.2) is 0 Å². The number of aliphatic carboxylic acids is 1. The molecule has 0 spiro atoms. The Morgan fingerprint density at radius 3 is 2.15 bits per heavy atom. The van der Waals surface area contributed by atoms with Crippen LogP contribution in [0.3, 0.4) is 0 Å². The molecule has 0 aliphatic heterocycles. The van der Waals surface area contributed by atoms with Crippen molar-refractivity contribution in [2.24, 2.45) is 11.3 Å². The molecule has 1 atom stereocenters. The SMILES string of the molecule is CC(CCNC(=O)OCC1c2ccccc2-c2ccccc21)CCC(=O)NCC(C)(C)C(=O)O. The molecule has 1 aliphatic rings. The van der Waals surface area contributed by atoms with Crippen LogP contribution >= 0.6 is 0 Å². The maximum absolute atomic E-state index is 12.3. The quantitative estimate of drug-likeness (QED) is 0.450. The summed E-state index contributed by atoms with van der Waals surface area (Å²) in [6.45, 7) is 6.01. The second-order valence-electron chi connectivity index (χ2n) is 9.65. The van der Waals surface area contributed by atoms with Crippen LogP contribution in [0.25, 0.3) is 11.1 Å². The predicted octanol–water partition coefficient (Wildman–Crippen LogP) is 4.56. The topological polar surface area (TPSA) is 105 Å². The summed E-state index contributed by atoms with van der Waals surface area (Å²) in [5, 5.41) is 14.6. The van der Waals surface area contributed by atoms with Gasteiger partial charge in [-0.15, -0.1) is 0 Å². The third-order valence-electron chi connectivity index (χ3n) is 6.42. The van der Waals surface area contributed by atoms with Gasteiger partial charge in [-0.05, 0) is 54.9 Å². The van der Waals surface area contributed by atoms with E-state index >= 15 is 0 Å². The van der Waals surface area contributed by atoms with Gasteiger partial charge in [0.1, 0.15) is 6.61 Å². The minimum atomic E-state index is -0.992. The first-order valence-corrected chi connectivity index (χ1v) is 11.8. The Kier molecular flexibility index (Phi) is 8.31. The lowest BCUT2D eigenvalue weighted by atomic mass is 9.93. The number of amides is 2. The van der Waals surface area contributed by atoms with Gasteiger partial charge in [-0.25, -0.2) is 4.79 Å². The monoisotopic (exact) mass is 466 g/mol. The van der Waals surface area contributed by atoms with E-state index in [1.54, 1.807) is 13.8 Å². The van der Waals surface area contributed by atoms with Crippen molar-refractivity contribution in [2.75, 3.05) is 19.7 Å². The molecule has 0 saturated heterocycles. The van der Waals surface area contributed by atoms with E-state index in [9.17, 15) is 14.4 Å². The summed E-state index contributed by atoms with van der Waals surface area (Å²) in [6, 6.07) is 16.4. The largest absolute Gasteiger partial charge is 0.481 e. The van der Waals surface area contributed by atoms with E-state index in [4.69, 9.17) is 9.84 Å². The maximum atomic E-state index is 12.3. The van der Waals surface area contributed by atoms with Crippen molar-refractivity contribution in [3.05, 3.63) is 59.7 Å². The zero-order chi connectivity index (χ0) is 24.7. The molecule has 0 heterocycles. The molecule has 34 heavy (non-hydrogen) atoms. The minimum Gasteiger partial charge on any atom is -0.481 e. The van der Waals surface area contributed by atoms with Crippen LogP contribution in [0.15, 0.2) is 48.5 Å². The first-order valence-electron chi connectivity index (χ1n) is 11.8. The highest BCUT2D eigenvalue weighted by Crippen LogP contribution is 2.44. The van der Waals surface area contributed by atoms with Crippen LogP contribution < -0.4 is 10.6 Å². The Morgan fingerprint density at radius 2 is 1.56 bits per heavy atom. The fraction of sp³-hybridized carbons (Fsp3) is 0.444. The maximum Gasteiger partial charge on any atom is 0.407 e. The lowest BCUT2D eigenvalue weighted by Gasteiger charge is -2.19. The van der Waals surface area contributed by atoms with Crippen molar-refractivity contribution in [1.82, 2.24) is 10.6 Å². The second-order valence-corrected chi connectivity index (χ2v) is 9.65. The molecule has 0 aromatic heterocycles. The number of carboxylic acid groups (broad SMARTS) is 1. The number of rotatable bonds is 11. The number of hydrogen-bond acceptors (Lipinski definition) is 4. The lowest BCUT2D eigenvalue weighted by molar-refractivity contribution is -0.146. The Labute approximate surface area is 200 Å². The Hall–Kier alpha value is -3.35. The molecule has 1 unspecified atom stereocenters. The van der Waals surface area contributed by atoms with Crippen LogP contribution in [-0.2, 0) is 14.3 Å². The third-order valence-corrected chi connectivity index (χ3v) is 6.42. The van der Waals surface area contributed by atoms with Crippen LogP contribution in [0.5, 0.6) is 0 Å². The van der Waals surface area contributed by atoms with Crippen LogP contribution in [0.2, 0.25) is 0 Å². The summed E-state index contributed by atoms with van der Waals surface area (Å²) in [4.78, 5) is 35.4. The number of carbonyl (C=O) groups is 3. The fourth-order valence-electron chi connectivity index (χ4n) is 4.08. The number of fused-ring (bicyclic) bond motifs is 3. The number of carboxylic acids is 1. The lowest BCUT2D eigenvalue weighted by Crippen LogP contribution is -2.38. The summed E-state index contributed by atoms with van der Waals surface area (Å²) in [6.07, 6.45) is 1.26. The molecule has 2 aromatic carbocycles. The summed E-state index contributed by atoms with van der Waals surface area (Å²) in [7, 11) is 0. The predicted molar refractivity (Wildman–Crippen MR) is 131 cm³/mol. The molecular formula is C27H34N2O5. The van der Waals surface area contributed by atoms with Crippen molar-refractivity contribution in [3.63, 3.8) is 0 Å². The van der Waals surface area contributed by atoms with E-state index in [0.29, 0.717) is 19.4 Å².